The number of halogens is 3. The summed E-state index contributed by atoms with van der Waals surface area (Å²) in [5, 5.41) is 2.28. The fourth-order valence-electron chi connectivity index (χ4n) is 3.35. The van der Waals surface area contributed by atoms with Gasteiger partial charge in [0.2, 0.25) is 6.79 Å². The Morgan fingerprint density at radius 2 is 1.91 bits per heavy atom. The highest BCUT2D eigenvalue weighted by Gasteiger charge is 2.46. The third-order valence-electron chi connectivity index (χ3n) is 4.71. The van der Waals surface area contributed by atoms with E-state index in [4.69, 9.17) is 9.47 Å². The summed E-state index contributed by atoms with van der Waals surface area (Å²) in [7, 11) is -3.72. The molecular weight excluding hydrogens is 477 g/mol. The molecular formula is C18H13F3N2O7S2. The number of nitrogens with one attached hydrogen (secondary N) is 1. The number of alkyl halides is 3. The van der Waals surface area contributed by atoms with Gasteiger partial charge in [-0.1, -0.05) is 6.07 Å². The number of hydrogen-bond donors (Lipinski definition) is 1. The molecule has 2 aromatic rings. The molecule has 0 saturated carbocycles. The van der Waals surface area contributed by atoms with Crippen LogP contribution >= 0.6 is 11.3 Å². The van der Waals surface area contributed by atoms with E-state index in [0.717, 1.165) is 11.6 Å². The molecule has 0 bridgehead atoms. The Kier molecular flexibility index (Phi) is 5.16. The van der Waals surface area contributed by atoms with Gasteiger partial charge in [-0.3, -0.25) is 19.3 Å². The zero-order valence-electron chi connectivity index (χ0n) is 16.1. The van der Waals surface area contributed by atoms with Gasteiger partial charge in [0.15, 0.2) is 11.5 Å². The van der Waals surface area contributed by atoms with Crippen molar-refractivity contribution in [3.05, 3.63) is 40.3 Å². The maximum atomic E-state index is 13.1. The van der Waals surface area contributed by atoms with E-state index in [0.29, 0.717) is 22.0 Å². The zero-order chi connectivity index (χ0) is 23.4. The Labute approximate surface area is 182 Å². The number of ether oxygens (including phenoxy) is 2. The molecule has 170 valence electrons. The lowest BCUT2D eigenvalue weighted by atomic mass is 10.1. The van der Waals surface area contributed by atoms with Crippen LogP contribution in [0.2, 0.25) is 0 Å². The Balaban J connectivity index is 1.73. The van der Waals surface area contributed by atoms with Crippen molar-refractivity contribution < 1.29 is 45.4 Å². The van der Waals surface area contributed by atoms with Gasteiger partial charge in [-0.2, -0.15) is 13.2 Å². The second-order valence-corrected chi connectivity index (χ2v) is 10.1. The smallest absolute Gasteiger partial charge is 0.454 e. The van der Waals surface area contributed by atoms with Gasteiger partial charge in [0.25, 0.3) is 11.8 Å². The number of anilines is 1. The molecule has 1 aromatic carbocycles. The lowest BCUT2D eigenvalue weighted by molar-refractivity contribution is -0.167. The third kappa shape index (κ3) is 3.90. The fourth-order valence-corrected chi connectivity index (χ4v) is 5.18. The molecule has 2 aliphatic heterocycles. The highest BCUT2D eigenvalue weighted by atomic mass is 32.2. The summed E-state index contributed by atoms with van der Waals surface area (Å²) >= 11 is 0.588. The second-order valence-electron chi connectivity index (χ2n) is 7.01. The highest BCUT2D eigenvalue weighted by Crippen LogP contribution is 2.42. The van der Waals surface area contributed by atoms with Gasteiger partial charge in [-0.25, -0.2) is 8.42 Å². The number of thiophene rings is 1. The summed E-state index contributed by atoms with van der Waals surface area (Å²) in [5.74, 6) is -4.17. The summed E-state index contributed by atoms with van der Waals surface area (Å²) in [6.07, 6.45) is -4.28. The van der Waals surface area contributed by atoms with Crippen LogP contribution in [0.15, 0.2) is 23.6 Å². The van der Waals surface area contributed by atoms with Gasteiger partial charge < -0.3 is 14.8 Å². The molecule has 0 saturated heterocycles. The Hall–Kier alpha value is -3.13. The van der Waals surface area contributed by atoms with E-state index in [1.807, 2.05) is 0 Å². The maximum Gasteiger partial charge on any atom is 0.471 e. The number of sulfone groups is 1. The van der Waals surface area contributed by atoms with Crippen molar-refractivity contribution in [2.45, 2.75) is 12.2 Å². The van der Waals surface area contributed by atoms with E-state index >= 15 is 0 Å². The molecule has 9 nitrogen and oxygen atoms in total. The zero-order valence-corrected chi connectivity index (χ0v) is 17.7. The molecule has 32 heavy (non-hydrogen) atoms. The van der Waals surface area contributed by atoms with Crippen molar-refractivity contribution in [2.75, 3.05) is 24.1 Å². The molecule has 2 aliphatic rings. The van der Waals surface area contributed by atoms with Gasteiger partial charge in [-0.15, -0.1) is 11.3 Å². The van der Waals surface area contributed by atoms with Crippen LogP contribution in [0, 0.1) is 0 Å². The summed E-state index contributed by atoms with van der Waals surface area (Å²) in [4.78, 5) is 38.0. The number of amides is 3. The van der Waals surface area contributed by atoms with Crippen LogP contribution in [0.1, 0.15) is 32.3 Å². The molecule has 0 aliphatic carbocycles. The molecule has 1 atom stereocenters. The van der Waals surface area contributed by atoms with E-state index in [9.17, 15) is 36.0 Å². The van der Waals surface area contributed by atoms with Crippen LogP contribution < -0.4 is 14.8 Å². The average molecular weight is 490 g/mol. The monoisotopic (exact) mass is 490 g/mol. The first-order valence-corrected chi connectivity index (χ1v) is 11.8. The van der Waals surface area contributed by atoms with Crippen LogP contribution in [-0.2, 0) is 14.6 Å². The fraction of sp³-hybridized carbons (Fsp3) is 0.278. The van der Waals surface area contributed by atoms with Crippen molar-refractivity contribution >= 4 is 43.9 Å². The Bertz CT molecular complexity index is 1250. The molecule has 1 N–H and O–H groups in total. The predicted octanol–water partition coefficient (Wildman–Crippen LogP) is 2.36. The Morgan fingerprint density at radius 3 is 2.56 bits per heavy atom. The first-order valence-electron chi connectivity index (χ1n) is 8.81. The summed E-state index contributed by atoms with van der Waals surface area (Å²) < 4.78 is 72.5. The van der Waals surface area contributed by atoms with Crippen molar-refractivity contribution in [3.8, 4) is 11.5 Å². The minimum absolute atomic E-state index is 0.0592. The molecule has 0 spiro atoms. The molecule has 0 unspecified atom stereocenters. The molecule has 0 fully saturated rings. The largest absolute Gasteiger partial charge is 0.471 e. The molecule has 3 amide bonds. The topological polar surface area (TPSA) is 119 Å². The van der Waals surface area contributed by atoms with E-state index in [-0.39, 0.29) is 23.7 Å². The molecule has 3 heterocycles. The third-order valence-corrected chi connectivity index (χ3v) is 6.53. The molecule has 0 radical (unpaired) electrons. The molecule has 1 aromatic heterocycles. The first kappa shape index (κ1) is 22.1. The number of carbonyl (C=O) groups is 3. The Morgan fingerprint density at radius 1 is 1.22 bits per heavy atom. The number of hydrogen-bond acceptors (Lipinski definition) is 8. The normalized spacial score (nSPS) is 16.3. The summed E-state index contributed by atoms with van der Waals surface area (Å²) in [6, 6.07) is 3.09. The quantitative estimate of drug-likeness (QED) is 0.639. The molecule has 4 rings (SSSR count). The van der Waals surface area contributed by atoms with Crippen molar-refractivity contribution in [1.29, 1.82) is 0 Å². The minimum Gasteiger partial charge on any atom is -0.454 e. The summed E-state index contributed by atoms with van der Waals surface area (Å²) in [6.45, 7) is -0.0592. The number of benzene rings is 1. The van der Waals surface area contributed by atoms with E-state index in [1.54, 1.807) is 5.32 Å². The van der Waals surface area contributed by atoms with Gasteiger partial charge in [0.05, 0.1) is 22.9 Å². The second kappa shape index (κ2) is 7.48. The van der Waals surface area contributed by atoms with E-state index in [1.165, 1.54) is 18.2 Å². The number of rotatable bonds is 5. The van der Waals surface area contributed by atoms with E-state index in [2.05, 4.69) is 0 Å². The summed E-state index contributed by atoms with van der Waals surface area (Å²) in [5.41, 5.74) is -0.398. The standard InChI is InChI=1S/C18H13F3N2O7S2/c1-32(27,28)6-10(8-2-3-11-12(4-8)30-7-29-11)23-15(24)9-5-31-14(13(9)16(23)25)22-17(26)18(19,20)21/h2-5,10H,6-7H2,1H3,(H,22,26)/t10-/m0/s1. The van der Waals surface area contributed by atoms with Gasteiger partial charge in [0, 0.05) is 11.6 Å². The maximum absolute atomic E-state index is 13.1. The van der Waals surface area contributed by atoms with Crippen molar-refractivity contribution in [2.24, 2.45) is 0 Å². The van der Waals surface area contributed by atoms with Crippen molar-refractivity contribution in [1.82, 2.24) is 4.90 Å². The highest BCUT2D eigenvalue weighted by molar-refractivity contribution is 7.90. The van der Waals surface area contributed by atoms with Crippen LogP contribution in [0.5, 0.6) is 11.5 Å². The number of carbonyl (C=O) groups excluding carboxylic acids is 3. The molecule has 14 heteroatoms. The lowest BCUT2D eigenvalue weighted by Gasteiger charge is -2.26. The van der Waals surface area contributed by atoms with Crippen LogP contribution in [0.4, 0.5) is 18.2 Å². The number of imide groups is 1. The van der Waals surface area contributed by atoms with Crippen LogP contribution in [0.3, 0.4) is 0 Å². The van der Waals surface area contributed by atoms with Gasteiger partial charge >= 0.3 is 12.1 Å². The average Bonchev–Trinajstić information content (AvgIpc) is 3.36. The van der Waals surface area contributed by atoms with Crippen molar-refractivity contribution in [3.63, 3.8) is 0 Å². The van der Waals surface area contributed by atoms with Gasteiger partial charge in [-0.05, 0) is 17.7 Å². The van der Waals surface area contributed by atoms with Crippen LogP contribution in [-0.4, -0.2) is 56.0 Å². The minimum atomic E-state index is -5.20. The van der Waals surface area contributed by atoms with Crippen LogP contribution in [0.25, 0.3) is 0 Å². The SMILES string of the molecule is CS(=O)(=O)C[C@@H](c1ccc2c(c1)OCO2)N1C(=O)c2csc(NC(=O)C(F)(F)F)c2C1=O. The number of nitrogens with zero attached hydrogens (tertiary/aromatic N) is 1. The first-order chi connectivity index (χ1) is 14.9. The number of fused-ring (bicyclic) bond motifs is 2. The van der Waals surface area contributed by atoms with E-state index < -0.39 is 56.1 Å². The van der Waals surface area contributed by atoms with Gasteiger partial charge in [0.1, 0.15) is 14.8 Å². The lowest BCUT2D eigenvalue weighted by Crippen LogP contribution is -2.38. The predicted molar refractivity (Wildman–Crippen MR) is 105 cm³/mol.